The highest BCUT2D eigenvalue weighted by Gasteiger charge is 1.95. The summed E-state index contributed by atoms with van der Waals surface area (Å²) in [7, 11) is 2.04. The maximum Gasteiger partial charge on any atom is 0.0332 e. The van der Waals surface area contributed by atoms with E-state index in [1.807, 2.05) is 7.05 Å². The van der Waals surface area contributed by atoms with E-state index in [9.17, 15) is 0 Å². The van der Waals surface area contributed by atoms with Crippen molar-refractivity contribution in [3.63, 3.8) is 0 Å². The average molecular weight is 148 g/mol. The molecule has 0 aromatic rings. The van der Waals surface area contributed by atoms with Gasteiger partial charge >= 0.3 is 0 Å². The zero-order valence-electron chi connectivity index (χ0n) is 6.15. The first kappa shape index (κ1) is 8.99. The van der Waals surface area contributed by atoms with Gasteiger partial charge in [0.1, 0.15) is 0 Å². The van der Waals surface area contributed by atoms with Gasteiger partial charge in [0, 0.05) is 11.6 Å². The van der Waals surface area contributed by atoms with Crippen molar-refractivity contribution < 1.29 is 0 Å². The van der Waals surface area contributed by atoms with Crippen LogP contribution in [-0.4, -0.2) is 25.0 Å². The van der Waals surface area contributed by atoms with Crippen molar-refractivity contribution in [2.75, 3.05) is 20.1 Å². The van der Waals surface area contributed by atoms with Crippen LogP contribution in [0.5, 0.6) is 0 Å². The second-order valence-electron chi connectivity index (χ2n) is 2.26. The maximum absolute atomic E-state index is 5.57. The molecule has 0 bridgehead atoms. The molecule has 0 atom stereocenters. The lowest BCUT2D eigenvalue weighted by atomic mass is 10.4. The summed E-state index contributed by atoms with van der Waals surface area (Å²) < 4.78 is 0. The van der Waals surface area contributed by atoms with Gasteiger partial charge in [-0.2, -0.15) is 0 Å². The van der Waals surface area contributed by atoms with E-state index >= 15 is 0 Å². The molecule has 0 aliphatic rings. The largest absolute Gasteiger partial charge is 0.301 e. The SMILES string of the molecule is C=C(Cl)CN(C)CCC. The zero-order chi connectivity index (χ0) is 7.28. The molecule has 0 aromatic heterocycles. The quantitative estimate of drug-likeness (QED) is 0.589. The van der Waals surface area contributed by atoms with E-state index in [1.54, 1.807) is 0 Å². The molecule has 0 fully saturated rings. The van der Waals surface area contributed by atoms with Crippen molar-refractivity contribution in [2.45, 2.75) is 13.3 Å². The molecule has 0 aromatic carbocycles. The minimum atomic E-state index is 0.714. The first-order chi connectivity index (χ1) is 4.16. The van der Waals surface area contributed by atoms with E-state index in [1.165, 1.54) is 6.42 Å². The predicted molar refractivity (Wildman–Crippen MR) is 42.8 cm³/mol. The van der Waals surface area contributed by atoms with Crippen LogP contribution < -0.4 is 0 Å². The van der Waals surface area contributed by atoms with Crippen LogP contribution in [-0.2, 0) is 0 Å². The van der Waals surface area contributed by atoms with Crippen LogP contribution >= 0.6 is 11.6 Å². The summed E-state index contributed by atoms with van der Waals surface area (Å²) in [5.74, 6) is 0. The minimum absolute atomic E-state index is 0.714. The van der Waals surface area contributed by atoms with E-state index in [0.717, 1.165) is 13.1 Å². The fourth-order valence-electron chi connectivity index (χ4n) is 0.754. The van der Waals surface area contributed by atoms with Gasteiger partial charge in [0.2, 0.25) is 0 Å². The van der Waals surface area contributed by atoms with Gasteiger partial charge in [0.15, 0.2) is 0 Å². The lowest BCUT2D eigenvalue weighted by Crippen LogP contribution is -2.20. The maximum atomic E-state index is 5.57. The van der Waals surface area contributed by atoms with Crippen molar-refractivity contribution >= 4 is 11.6 Å². The molecule has 0 amide bonds. The molecule has 0 aliphatic carbocycles. The molecule has 0 aliphatic heterocycles. The Morgan fingerprint density at radius 1 is 1.67 bits per heavy atom. The molecule has 0 heterocycles. The average Bonchev–Trinajstić information content (AvgIpc) is 1.63. The summed E-state index contributed by atoms with van der Waals surface area (Å²) >= 11 is 5.57. The predicted octanol–water partition coefficient (Wildman–Crippen LogP) is 2.08. The van der Waals surface area contributed by atoms with Crippen molar-refractivity contribution in [3.05, 3.63) is 11.6 Å². The van der Waals surface area contributed by atoms with Crippen molar-refractivity contribution in [1.29, 1.82) is 0 Å². The molecule has 0 saturated carbocycles. The Morgan fingerprint density at radius 3 is 2.56 bits per heavy atom. The molecule has 1 nitrogen and oxygen atoms in total. The van der Waals surface area contributed by atoms with E-state index in [4.69, 9.17) is 11.6 Å². The Kier molecular flexibility index (Phi) is 4.83. The first-order valence-corrected chi connectivity index (χ1v) is 3.56. The number of hydrogen-bond donors (Lipinski definition) is 0. The summed E-state index contributed by atoms with van der Waals surface area (Å²) in [6.45, 7) is 7.64. The van der Waals surface area contributed by atoms with Gasteiger partial charge in [0.25, 0.3) is 0 Å². The van der Waals surface area contributed by atoms with E-state index in [2.05, 4.69) is 18.4 Å². The highest BCUT2D eigenvalue weighted by Crippen LogP contribution is 1.98. The van der Waals surface area contributed by atoms with E-state index < -0.39 is 0 Å². The van der Waals surface area contributed by atoms with Crippen LogP contribution in [0.4, 0.5) is 0 Å². The lowest BCUT2D eigenvalue weighted by molar-refractivity contribution is 0.368. The molecule has 54 valence electrons. The highest BCUT2D eigenvalue weighted by molar-refractivity contribution is 6.29. The monoisotopic (exact) mass is 147 g/mol. The van der Waals surface area contributed by atoms with E-state index in [0.29, 0.717) is 5.03 Å². The number of hydrogen-bond acceptors (Lipinski definition) is 1. The summed E-state index contributed by atoms with van der Waals surface area (Å²) in [5, 5.41) is 0.714. The van der Waals surface area contributed by atoms with Crippen LogP contribution in [0.2, 0.25) is 0 Å². The Hall–Kier alpha value is -0.0100. The van der Waals surface area contributed by atoms with Crippen LogP contribution in [0.25, 0.3) is 0 Å². The van der Waals surface area contributed by atoms with Gasteiger partial charge in [-0.3, -0.25) is 0 Å². The van der Waals surface area contributed by atoms with Gasteiger partial charge in [-0.15, -0.1) is 0 Å². The molecule has 0 saturated heterocycles. The van der Waals surface area contributed by atoms with Crippen molar-refractivity contribution in [2.24, 2.45) is 0 Å². The molecule has 2 heteroatoms. The Balaban J connectivity index is 3.26. The highest BCUT2D eigenvalue weighted by atomic mass is 35.5. The normalized spacial score (nSPS) is 10.2. The molecular weight excluding hydrogens is 134 g/mol. The van der Waals surface area contributed by atoms with Gasteiger partial charge in [0.05, 0.1) is 0 Å². The molecule has 0 unspecified atom stereocenters. The zero-order valence-corrected chi connectivity index (χ0v) is 6.91. The molecule has 0 rings (SSSR count). The Labute approximate surface area is 62.3 Å². The minimum Gasteiger partial charge on any atom is -0.301 e. The third-order valence-corrected chi connectivity index (χ3v) is 1.17. The molecule has 9 heavy (non-hydrogen) atoms. The second-order valence-corrected chi connectivity index (χ2v) is 2.79. The van der Waals surface area contributed by atoms with Gasteiger partial charge in [-0.1, -0.05) is 25.1 Å². The van der Waals surface area contributed by atoms with Crippen LogP contribution in [0.15, 0.2) is 11.6 Å². The Bertz CT molecular complexity index is 90.9. The third kappa shape index (κ3) is 5.87. The second kappa shape index (κ2) is 4.83. The van der Waals surface area contributed by atoms with Gasteiger partial charge < -0.3 is 4.90 Å². The van der Waals surface area contributed by atoms with Crippen molar-refractivity contribution in [3.8, 4) is 0 Å². The molecule has 0 spiro atoms. The van der Waals surface area contributed by atoms with Gasteiger partial charge in [-0.05, 0) is 20.0 Å². The summed E-state index contributed by atoms with van der Waals surface area (Å²) in [4.78, 5) is 2.15. The van der Waals surface area contributed by atoms with Crippen LogP contribution in [0.3, 0.4) is 0 Å². The third-order valence-electron chi connectivity index (χ3n) is 1.05. The standard InChI is InChI=1S/C7H14ClN/c1-4-5-9(3)6-7(2)8/h2,4-6H2,1,3H3. The summed E-state index contributed by atoms with van der Waals surface area (Å²) in [6, 6.07) is 0. The van der Waals surface area contributed by atoms with E-state index in [-0.39, 0.29) is 0 Å². The number of nitrogens with zero attached hydrogens (tertiary/aromatic N) is 1. The van der Waals surface area contributed by atoms with Gasteiger partial charge in [-0.25, -0.2) is 0 Å². The summed E-state index contributed by atoms with van der Waals surface area (Å²) in [5.41, 5.74) is 0. The fourth-order valence-corrected chi connectivity index (χ4v) is 0.958. The molecule has 0 radical (unpaired) electrons. The topological polar surface area (TPSA) is 3.24 Å². The van der Waals surface area contributed by atoms with Crippen LogP contribution in [0, 0.1) is 0 Å². The van der Waals surface area contributed by atoms with Crippen LogP contribution in [0.1, 0.15) is 13.3 Å². The number of rotatable bonds is 4. The molecular formula is C7H14ClN. The lowest BCUT2D eigenvalue weighted by Gasteiger charge is -2.13. The summed E-state index contributed by atoms with van der Waals surface area (Å²) in [6.07, 6.45) is 1.17. The number of halogens is 1. The van der Waals surface area contributed by atoms with Crippen molar-refractivity contribution in [1.82, 2.24) is 4.90 Å². The molecule has 0 N–H and O–H groups in total. The first-order valence-electron chi connectivity index (χ1n) is 3.18. The smallest absolute Gasteiger partial charge is 0.0332 e. The Morgan fingerprint density at radius 2 is 2.22 bits per heavy atom. The number of likely N-dealkylation sites (N-methyl/N-ethyl adjacent to an activating group) is 1. The fraction of sp³-hybridized carbons (Fsp3) is 0.714.